The van der Waals surface area contributed by atoms with Crippen molar-refractivity contribution in [1.29, 1.82) is 0 Å². The summed E-state index contributed by atoms with van der Waals surface area (Å²) in [5.41, 5.74) is 6.48. The zero-order valence-electron chi connectivity index (χ0n) is 52.3. The van der Waals surface area contributed by atoms with E-state index in [2.05, 4.69) is 39.8 Å². The van der Waals surface area contributed by atoms with Gasteiger partial charge in [0.1, 0.15) is 0 Å². The molecule has 20 heteroatoms. The van der Waals surface area contributed by atoms with Gasteiger partial charge in [0, 0.05) is 41.5 Å². The highest BCUT2D eigenvalue weighted by Gasteiger charge is 2.66. The molecule has 12 aliphatic rings. The Morgan fingerprint density at radius 2 is 0.895 bits per heavy atom. The molecule has 0 spiro atoms. The number of allylic oxidation sites excluding steroid dienone is 2. The minimum absolute atomic E-state index is 0.119. The first-order chi connectivity index (χ1) is 40.6. The predicted molar refractivity (Wildman–Crippen MR) is 303 cm³/mol. The van der Waals surface area contributed by atoms with Crippen LogP contribution in [0.5, 0.6) is 0 Å². The van der Waals surface area contributed by atoms with Crippen molar-refractivity contribution >= 4 is 23.9 Å². The molecular formula is C66H92N2O18. The van der Waals surface area contributed by atoms with Crippen LogP contribution in [0.3, 0.4) is 0 Å². The molecule has 2 N–H and O–H groups in total. The zero-order chi connectivity index (χ0) is 60.9. The molecule has 0 bridgehead atoms. The number of nitrogens with zero attached hydrogens (tertiary/aromatic N) is 2. The van der Waals surface area contributed by atoms with Gasteiger partial charge in [-0.25, -0.2) is 0 Å². The van der Waals surface area contributed by atoms with Crippen LogP contribution in [0.4, 0.5) is 0 Å². The second-order valence-electron chi connectivity index (χ2n) is 29.3. The lowest BCUT2D eigenvalue weighted by molar-refractivity contribution is -0.340. The maximum atomic E-state index is 12.6. The first-order valence-electron chi connectivity index (χ1n) is 32.2. The van der Waals surface area contributed by atoms with Crippen LogP contribution in [0, 0.1) is 69.0 Å². The van der Waals surface area contributed by atoms with Crippen molar-refractivity contribution in [3.8, 4) is 0 Å². The highest BCUT2D eigenvalue weighted by Crippen LogP contribution is 2.69. The average molecular weight is 1200 g/mol. The molecule has 26 atom stereocenters. The number of aliphatic hydroxyl groups excluding tert-OH is 2. The normalized spacial score (nSPS) is 49.5. The van der Waals surface area contributed by atoms with Crippen LogP contribution in [0.1, 0.15) is 170 Å². The second-order valence-corrected chi connectivity index (χ2v) is 29.3. The molecule has 1 aromatic rings. The number of hydrogen-bond donors (Lipinski definition) is 2. The number of carbonyl (C=O) groups is 4. The fraction of sp³-hybridized carbons (Fsp3) is 0.818. The monoisotopic (exact) mass is 1200 g/mol. The Hall–Kier alpha value is -3.96. The van der Waals surface area contributed by atoms with E-state index in [0.29, 0.717) is 48.3 Å². The van der Waals surface area contributed by atoms with Crippen molar-refractivity contribution in [3.05, 3.63) is 46.1 Å². The van der Waals surface area contributed by atoms with E-state index in [1.54, 1.807) is 27.7 Å². The summed E-state index contributed by atoms with van der Waals surface area (Å²) in [6.45, 7) is 22.0. The topological polar surface area (TPSA) is 245 Å². The number of rotatable bonds is 10. The molecule has 13 rings (SSSR count). The minimum Gasteiger partial charge on any atom is -0.456 e. The third-order valence-electron chi connectivity index (χ3n) is 24.2. The maximum Gasteiger partial charge on any atom is 0.303 e. The van der Waals surface area contributed by atoms with E-state index in [0.717, 1.165) is 99.8 Å². The Bertz CT molecular complexity index is 2750. The smallest absolute Gasteiger partial charge is 0.303 e. The molecule has 474 valence electrons. The van der Waals surface area contributed by atoms with Crippen LogP contribution >= 0.6 is 0 Å². The van der Waals surface area contributed by atoms with Gasteiger partial charge in [0.15, 0.2) is 49.2 Å². The molecule has 86 heavy (non-hydrogen) atoms. The van der Waals surface area contributed by atoms with Gasteiger partial charge in [-0.1, -0.05) is 51.0 Å². The van der Waals surface area contributed by atoms with Gasteiger partial charge in [-0.2, -0.15) is 0 Å². The molecule has 4 saturated heterocycles. The summed E-state index contributed by atoms with van der Waals surface area (Å²) in [4.78, 5) is 59.6. The summed E-state index contributed by atoms with van der Waals surface area (Å²) >= 11 is 0. The molecule has 0 radical (unpaired) electrons. The van der Waals surface area contributed by atoms with Gasteiger partial charge in [-0.3, -0.25) is 38.6 Å². The Labute approximate surface area is 505 Å². The molecular weight excluding hydrogens is 1110 g/mol. The largest absolute Gasteiger partial charge is 0.456 e. The number of fused-ring (bicyclic) bond motifs is 14. The van der Waals surface area contributed by atoms with Gasteiger partial charge < -0.3 is 57.6 Å². The van der Waals surface area contributed by atoms with Crippen LogP contribution < -0.4 is 0 Å². The lowest BCUT2D eigenvalue weighted by Crippen LogP contribution is -2.59. The van der Waals surface area contributed by atoms with Crippen LogP contribution in [-0.4, -0.2) is 143 Å². The molecule has 6 saturated carbocycles. The molecule has 5 heterocycles. The van der Waals surface area contributed by atoms with Crippen LogP contribution in [0.15, 0.2) is 23.3 Å². The van der Waals surface area contributed by atoms with Crippen LogP contribution in [0.2, 0.25) is 0 Å². The summed E-state index contributed by atoms with van der Waals surface area (Å²) in [7, 11) is 0. The van der Waals surface area contributed by atoms with Gasteiger partial charge in [0.05, 0.1) is 60.4 Å². The molecule has 0 aromatic carbocycles. The van der Waals surface area contributed by atoms with E-state index in [1.165, 1.54) is 38.8 Å². The first-order valence-corrected chi connectivity index (χ1v) is 32.2. The molecule has 20 nitrogen and oxygen atoms in total. The lowest BCUT2D eigenvalue weighted by atomic mass is 9.44. The maximum absolute atomic E-state index is 12.6. The fourth-order valence-corrected chi connectivity index (χ4v) is 20.7. The second kappa shape index (κ2) is 21.9. The first kappa shape index (κ1) is 60.9. The summed E-state index contributed by atoms with van der Waals surface area (Å²) in [6.07, 6.45) is 7.90. The SMILES string of the molecule is CC(=O)O[C@@H]1[C@@H](OC(C)=O)[C@H](C)O[C@H]2OC(C)(OC/C=C3\CC[C@H]4[C@@H]5CC[C@H]6Cc7nc8c(nc7C[C@]6(C)[C@H]5[C@@H](O)C[C@]34C)C[C@@H]3CC[C@@H]4[C@H]([C@@H](O)C[C@]5(C)/C(=C/COC6(C)O[C@@H]7O[C@@H](C)[C@H](OC(C)=O)[C@@H](OC(C)=O)[C@H]7O6)CC[C@@H]45)[C@@]3(C)C8)O[C@@H]21. The van der Waals surface area contributed by atoms with Crippen molar-refractivity contribution in [2.24, 2.45) is 69.0 Å². The van der Waals surface area contributed by atoms with E-state index in [-0.39, 0.29) is 46.7 Å². The molecule has 4 aliphatic heterocycles. The van der Waals surface area contributed by atoms with Gasteiger partial charge in [0.25, 0.3) is 11.9 Å². The van der Waals surface area contributed by atoms with Crippen LogP contribution in [0.25, 0.3) is 0 Å². The average Bonchev–Trinajstić information content (AvgIpc) is 1.13. The molecule has 10 fully saturated rings. The van der Waals surface area contributed by atoms with Crippen LogP contribution in [-0.2, 0) is 102 Å². The fourth-order valence-electron chi connectivity index (χ4n) is 20.7. The number of hydrogen-bond acceptors (Lipinski definition) is 20. The third-order valence-corrected chi connectivity index (χ3v) is 24.2. The van der Waals surface area contributed by atoms with E-state index in [9.17, 15) is 29.4 Å². The van der Waals surface area contributed by atoms with E-state index >= 15 is 0 Å². The van der Waals surface area contributed by atoms with Crippen molar-refractivity contribution in [1.82, 2.24) is 9.97 Å². The number of carbonyl (C=O) groups excluding carboxylic acids is 4. The number of ether oxygens (including phenoxy) is 12. The van der Waals surface area contributed by atoms with Gasteiger partial charge in [-0.05, 0) is 173 Å². The molecule has 2 unspecified atom stereocenters. The van der Waals surface area contributed by atoms with Gasteiger partial charge in [0.2, 0.25) is 0 Å². The van der Waals surface area contributed by atoms with Gasteiger partial charge >= 0.3 is 23.9 Å². The predicted octanol–water partition coefficient (Wildman–Crippen LogP) is 7.61. The number of aliphatic hydroxyl groups is 2. The highest BCUT2D eigenvalue weighted by molar-refractivity contribution is 5.68. The molecule has 0 amide bonds. The van der Waals surface area contributed by atoms with Crippen molar-refractivity contribution in [2.75, 3.05) is 13.2 Å². The summed E-state index contributed by atoms with van der Waals surface area (Å²) < 4.78 is 72.1. The summed E-state index contributed by atoms with van der Waals surface area (Å²) in [5, 5.41) is 25.2. The van der Waals surface area contributed by atoms with E-state index in [1.807, 2.05) is 0 Å². The van der Waals surface area contributed by atoms with Gasteiger partial charge in [-0.15, -0.1) is 0 Å². The molecule has 8 aliphatic carbocycles. The quantitative estimate of drug-likeness (QED) is 0.130. The van der Waals surface area contributed by atoms with Crippen molar-refractivity contribution in [3.63, 3.8) is 0 Å². The standard InChI is InChI=1S/C66H92N2O18/c1-31-53(79-33(3)69)55(81-35(5)71)57-59(77-31)85-65(11,83-57)75-23-21-37-15-19-43-41-17-13-39-25-45-47(27-63(39,9)51(41)49(73)29-61(37,43)7)67-46-26-40-14-18-42-44-20-16-38(62(44,8)30-50(74)52(42)64(40,10)28-48(46)68-45)22-24-76-66(12)84-58-56(82-36(6)72)54(80-34(4)70)32(2)78-60(58)86-66/h21-22,31-32,39-44,49-60,73-74H,13-20,23-30H2,1-12H3/b37-21+,38-22+/t31-,32-,39-,40-,41-,42-,43-,44-,49-,50-,51+,52+,53-,54-,55+,56+,57+,58+,59-,60-,61+,62+,63-,64-,65?,66?/m0/s1. The van der Waals surface area contributed by atoms with Crippen molar-refractivity contribution < 1.29 is 86.2 Å². The van der Waals surface area contributed by atoms with E-state index < -0.39 is 109 Å². The lowest BCUT2D eigenvalue weighted by Gasteiger charge is -2.62. The number of esters is 4. The Morgan fingerprint density at radius 3 is 1.27 bits per heavy atom. The zero-order valence-corrected chi connectivity index (χ0v) is 52.3. The van der Waals surface area contributed by atoms with Crippen molar-refractivity contribution in [2.45, 2.75) is 259 Å². The Morgan fingerprint density at radius 1 is 0.523 bits per heavy atom. The number of aromatic nitrogens is 2. The third kappa shape index (κ3) is 10.1. The van der Waals surface area contributed by atoms with E-state index in [4.69, 9.17) is 66.8 Å². The Balaban J connectivity index is 0.654. The minimum atomic E-state index is -1.51. The highest BCUT2D eigenvalue weighted by atomic mass is 17.0. The molecule has 1 aromatic heterocycles. The summed E-state index contributed by atoms with van der Waals surface area (Å²) in [6, 6.07) is 0. The Kier molecular flexibility index (Phi) is 15.5. The summed E-state index contributed by atoms with van der Waals surface area (Å²) in [5.74, 6) is -2.49.